The molecule has 18 heavy (non-hydrogen) atoms. The van der Waals surface area contributed by atoms with Crippen molar-refractivity contribution in [3.63, 3.8) is 0 Å². The highest BCUT2D eigenvalue weighted by atomic mass is 32.1. The number of hydrogen-bond acceptors (Lipinski definition) is 3. The zero-order valence-corrected chi connectivity index (χ0v) is 10.8. The van der Waals surface area contributed by atoms with Crippen LogP contribution in [0.2, 0.25) is 0 Å². The van der Waals surface area contributed by atoms with Crippen molar-refractivity contribution < 1.29 is 4.79 Å². The molecule has 0 aliphatic carbocycles. The molecule has 2 heterocycles. The topological polar surface area (TPSA) is 33.2 Å². The monoisotopic (exact) mass is 258 g/mol. The van der Waals surface area contributed by atoms with Crippen molar-refractivity contribution in [1.82, 2.24) is 4.98 Å². The van der Waals surface area contributed by atoms with Gasteiger partial charge in [-0.3, -0.25) is 9.78 Å². The minimum atomic E-state index is 0.186. The number of pyridine rings is 1. The fraction of sp³-hybridized carbons (Fsp3) is 0.286. The van der Waals surface area contributed by atoms with Crippen molar-refractivity contribution in [2.24, 2.45) is 5.92 Å². The van der Waals surface area contributed by atoms with Crippen LogP contribution in [0, 0.1) is 5.92 Å². The average molecular weight is 258 g/mol. The molecule has 1 atom stereocenters. The lowest BCUT2D eigenvalue weighted by atomic mass is 10.1. The molecule has 1 saturated heterocycles. The third-order valence-corrected chi connectivity index (χ3v) is 3.89. The van der Waals surface area contributed by atoms with E-state index in [2.05, 4.69) is 17.6 Å². The standard InChI is InChI=1S/C14H14N2OS/c17-14-7-10(9-18)8-16(14)13-5-1-4-12-11(13)3-2-6-15-12/h1-6,10,18H,7-9H2. The molecule has 3 rings (SSSR count). The lowest BCUT2D eigenvalue weighted by Crippen LogP contribution is -2.24. The lowest BCUT2D eigenvalue weighted by Gasteiger charge is -2.18. The van der Waals surface area contributed by atoms with E-state index in [0.717, 1.165) is 28.9 Å². The van der Waals surface area contributed by atoms with Crippen LogP contribution < -0.4 is 4.90 Å². The maximum absolute atomic E-state index is 12.1. The second-order valence-electron chi connectivity index (χ2n) is 4.60. The molecule has 1 unspecified atom stereocenters. The summed E-state index contributed by atoms with van der Waals surface area (Å²) in [5.74, 6) is 1.30. The number of carbonyl (C=O) groups excluding carboxylic acids is 1. The molecule has 1 aromatic heterocycles. The number of hydrogen-bond donors (Lipinski definition) is 1. The Balaban J connectivity index is 2.07. The third kappa shape index (κ3) is 1.86. The van der Waals surface area contributed by atoms with E-state index in [9.17, 15) is 4.79 Å². The van der Waals surface area contributed by atoms with Crippen LogP contribution >= 0.6 is 12.6 Å². The van der Waals surface area contributed by atoms with Gasteiger partial charge in [-0.15, -0.1) is 0 Å². The smallest absolute Gasteiger partial charge is 0.227 e. The van der Waals surface area contributed by atoms with Gasteiger partial charge < -0.3 is 4.90 Å². The highest BCUT2D eigenvalue weighted by Crippen LogP contribution is 2.31. The van der Waals surface area contributed by atoms with Gasteiger partial charge >= 0.3 is 0 Å². The van der Waals surface area contributed by atoms with Gasteiger partial charge in [0, 0.05) is 24.5 Å². The highest BCUT2D eigenvalue weighted by molar-refractivity contribution is 7.80. The quantitative estimate of drug-likeness (QED) is 0.840. The van der Waals surface area contributed by atoms with Crippen LogP contribution in [0.25, 0.3) is 10.9 Å². The lowest BCUT2D eigenvalue weighted by molar-refractivity contribution is -0.117. The summed E-state index contributed by atoms with van der Waals surface area (Å²) in [6, 6.07) is 9.83. The summed E-state index contributed by atoms with van der Waals surface area (Å²) in [4.78, 5) is 18.2. The first kappa shape index (κ1) is 11.5. The molecule has 0 saturated carbocycles. The molecule has 0 radical (unpaired) electrons. The van der Waals surface area contributed by atoms with Gasteiger partial charge in [0.2, 0.25) is 5.91 Å². The summed E-state index contributed by atoms with van der Waals surface area (Å²) < 4.78 is 0. The van der Waals surface area contributed by atoms with Crippen LogP contribution in [0.15, 0.2) is 36.5 Å². The summed E-state index contributed by atoms with van der Waals surface area (Å²) >= 11 is 4.29. The van der Waals surface area contributed by atoms with Crippen LogP contribution in [0.3, 0.4) is 0 Å². The van der Waals surface area contributed by atoms with Gasteiger partial charge in [0.1, 0.15) is 0 Å². The maximum atomic E-state index is 12.1. The minimum absolute atomic E-state index is 0.186. The molecule has 0 spiro atoms. The predicted molar refractivity (Wildman–Crippen MR) is 76.1 cm³/mol. The number of thiol groups is 1. The van der Waals surface area contributed by atoms with E-state index >= 15 is 0 Å². The number of carbonyl (C=O) groups is 1. The zero-order valence-electron chi connectivity index (χ0n) is 9.91. The first-order valence-electron chi connectivity index (χ1n) is 6.04. The summed E-state index contributed by atoms with van der Waals surface area (Å²) in [7, 11) is 0. The Morgan fingerprint density at radius 2 is 2.22 bits per heavy atom. The Morgan fingerprint density at radius 1 is 1.33 bits per heavy atom. The van der Waals surface area contributed by atoms with Crippen molar-refractivity contribution in [1.29, 1.82) is 0 Å². The van der Waals surface area contributed by atoms with Crippen molar-refractivity contribution in [3.05, 3.63) is 36.5 Å². The average Bonchev–Trinajstić information content (AvgIpc) is 2.79. The molecule has 1 aromatic carbocycles. The van der Waals surface area contributed by atoms with Gasteiger partial charge in [-0.2, -0.15) is 12.6 Å². The van der Waals surface area contributed by atoms with Crippen LogP contribution in [0.4, 0.5) is 5.69 Å². The Morgan fingerprint density at radius 3 is 3.00 bits per heavy atom. The van der Waals surface area contributed by atoms with Crippen molar-refractivity contribution >= 4 is 35.1 Å². The van der Waals surface area contributed by atoms with Gasteiger partial charge in [0.25, 0.3) is 0 Å². The van der Waals surface area contributed by atoms with Gasteiger partial charge in [0.15, 0.2) is 0 Å². The summed E-state index contributed by atoms with van der Waals surface area (Å²) in [6.45, 7) is 0.760. The van der Waals surface area contributed by atoms with Crippen molar-refractivity contribution in [2.45, 2.75) is 6.42 Å². The first-order chi connectivity index (χ1) is 8.79. The van der Waals surface area contributed by atoms with E-state index in [1.165, 1.54) is 0 Å². The van der Waals surface area contributed by atoms with Crippen LogP contribution in [-0.2, 0) is 4.79 Å². The van der Waals surface area contributed by atoms with Gasteiger partial charge in [0.05, 0.1) is 11.2 Å². The van der Waals surface area contributed by atoms with E-state index < -0.39 is 0 Å². The van der Waals surface area contributed by atoms with Crippen LogP contribution in [0.1, 0.15) is 6.42 Å². The fourth-order valence-electron chi connectivity index (χ4n) is 2.46. The molecule has 2 aromatic rings. The molecule has 1 amide bonds. The summed E-state index contributed by atoms with van der Waals surface area (Å²) in [6.07, 6.45) is 2.37. The molecule has 92 valence electrons. The van der Waals surface area contributed by atoms with E-state index in [0.29, 0.717) is 12.3 Å². The van der Waals surface area contributed by atoms with Crippen molar-refractivity contribution in [3.8, 4) is 0 Å². The number of nitrogens with zero attached hydrogens (tertiary/aromatic N) is 2. The molecule has 1 aliphatic rings. The van der Waals surface area contributed by atoms with E-state index in [4.69, 9.17) is 0 Å². The summed E-state index contributed by atoms with van der Waals surface area (Å²) in [5.41, 5.74) is 1.90. The Hall–Kier alpha value is -1.55. The third-order valence-electron chi connectivity index (χ3n) is 3.38. The normalized spacial score (nSPS) is 19.7. The maximum Gasteiger partial charge on any atom is 0.227 e. The second kappa shape index (κ2) is 4.61. The van der Waals surface area contributed by atoms with Crippen LogP contribution in [-0.4, -0.2) is 23.2 Å². The SMILES string of the molecule is O=C1CC(CS)CN1c1cccc2ncccc12. The molecular formula is C14H14N2OS. The Kier molecular flexibility index (Phi) is 2.96. The van der Waals surface area contributed by atoms with E-state index in [1.807, 2.05) is 35.2 Å². The highest BCUT2D eigenvalue weighted by Gasteiger charge is 2.30. The largest absolute Gasteiger partial charge is 0.311 e. The molecule has 1 aliphatic heterocycles. The molecule has 3 nitrogen and oxygen atoms in total. The minimum Gasteiger partial charge on any atom is -0.311 e. The molecule has 4 heteroatoms. The fourth-order valence-corrected chi connectivity index (χ4v) is 2.70. The Bertz CT molecular complexity index is 594. The molecule has 0 bridgehead atoms. The van der Waals surface area contributed by atoms with E-state index in [-0.39, 0.29) is 5.91 Å². The number of benzene rings is 1. The summed E-state index contributed by atoms with van der Waals surface area (Å²) in [5, 5.41) is 1.04. The number of rotatable bonds is 2. The second-order valence-corrected chi connectivity index (χ2v) is 4.97. The molecule has 0 N–H and O–H groups in total. The van der Waals surface area contributed by atoms with Gasteiger partial charge in [-0.1, -0.05) is 6.07 Å². The number of aromatic nitrogens is 1. The Labute approximate surface area is 111 Å². The molecular weight excluding hydrogens is 244 g/mol. The van der Waals surface area contributed by atoms with Gasteiger partial charge in [-0.25, -0.2) is 0 Å². The zero-order chi connectivity index (χ0) is 12.5. The van der Waals surface area contributed by atoms with Gasteiger partial charge in [-0.05, 0) is 35.9 Å². The van der Waals surface area contributed by atoms with Crippen LogP contribution in [0.5, 0.6) is 0 Å². The van der Waals surface area contributed by atoms with Crippen molar-refractivity contribution in [2.75, 3.05) is 17.2 Å². The number of amides is 1. The molecule has 1 fully saturated rings. The first-order valence-corrected chi connectivity index (χ1v) is 6.68. The number of fused-ring (bicyclic) bond motifs is 1. The predicted octanol–water partition coefficient (Wildman–Crippen LogP) is 2.52. The number of anilines is 1. The van der Waals surface area contributed by atoms with E-state index in [1.54, 1.807) is 6.20 Å².